The lowest BCUT2D eigenvalue weighted by Gasteiger charge is -2.20. The summed E-state index contributed by atoms with van der Waals surface area (Å²) in [6.07, 6.45) is 7.02. The first-order valence-electron chi connectivity index (χ1n) is 7.07. The molecule has 4 heteroatoms. The number of hydrogen-bond acceptors (Lipinski definition) is 3. The maximum absolute atomic E-state index is 12.3. The average molecular weight is 286 g/mol. The van der Waals surface area contributed by atoms with Crippen LogP contribution in [0, 0.1) is 0 Å². The van der Waals surface area contributed by atoms with Gasteiger partial charge in [0.2, 0.25) is 0 Å². The first kappa shape index (κ1) is 13.3. The number of allylic oxidation sites excluding steroid dienone is 1. The minimum absolute atomic E-state index is 0.0149. The average Bonchev–Trinajstić information content (AvgIpc) is 2.95. The van der Waals surface area contributed by atoms with Gasteiger partial charge >= 0.3 is 0 Å². The fourth-order valence-corrected chi connectivity index (χ4v) is 3.29. The standard InChI is InChI=1S/C16H18N2OS/c1-11(12-5-3-2-4-6-12)18-16(19)13-7-8-15-14(9-13)17-10-20-15/h5,7-11H,2-4,6H2,1H3,(H,18,19)/t11-/m1/s1. The predicted molar refractivity (Wildman–Crippen MR) is 83.1 cm³/mol. The van der Waals surface area contributed by atoms with E-state index in [1.54, 1.807) is 11.3 Å². The molecule has 3 nitrogen and oxygen atoms in total. The molecule has 1 amide bonds. The highest BCUT2D eigenvalue weighted by atomic mass is 32.1. The number of amides is 1. The summed E-state index contributed by atoms with van der Waals surface area (Å²) in [4.78, 5) is 16.6. The molecule has 0 fully saturated rings. The zero-order valence-corrected chi connectivity index (χ0v) is 12.4. The molecule has 1 aliphatic rings. The predicted octanol–water partition coefficient (Wildman–Crippen LogP) is 3.92. The van der Waals surface area contributed by atoms with Crippen molar-refractivity contribution in [2.75, 3.05) is 0 Å². The highest BCUT2D eigenvalue weighted by molar-refractivity contribution is 7.16. The molecule has 2 aromatic rings. The summed E-state index contributed by atoms with van der Waals surface area (Å²) in [6.45, 7) is 2.07. The second-order valence-electron chi connectivity index (χ2n) is 5.25. The molecule has 20 heavy (non-hydrogen) atoms. The van der Waals surface area contributed by atoms with Crippen molar-refractivity contribution < 1.29 is 4.79 Å². The zero-order valence-electron chi connectivity index (χ0n) is 11.6. The van der Waals surface area contributed by atoms with Crippen molar-refractivity contribution >= 4 is 27.5 Å². The molecule has 1 aliphatic carbocycles. The third-order valence-electron chi connectivity index (χ3n) is 3.82. The third kappa shape index (κ3) is 2.75. The summed E-state index contributed by atoms with van der Waals surface area (Å²) >= 11 is 1.59. The van der Waals surface area contributed by atoms with Gasteiger partial charge in [-0.1, -0.05) is 11.6 Å². The fourth-order valence-electron chi connectivity index (χ4n) is 2.63. The first-order chi connectivity index (χ1) is 9.74. The van der Waals surface area contributed by atoms with E-state index in [1.165, 1.54) is 18.4 Å². The molecule has 3 rings (SSSR count). The third-order valence-corrected chi connectivity index (χ3v) is 4.63. The number of aromatic nitrogens is 1. The number of hydrogen-bond donors (Lipinski definition) is 1. The summed E-state index contributed by atoms with van der Waals surface area (Å²) in [5.74, 6) is -0.0149. The number of nitrogens with one attached hydrogen (secondary N) is 1. The van der Waals surface area contributed by atoms with Crippen molar-refractivity contribution in [3.63, 3.8) is 0 Å². The monoisotopic (exact) mass is 286 g/mol. The Morgan fingerprint density at radius 1 is 1.40 bits per heavy atom. The normalized spacial score (nSPS) is 16.8. The number of thiazole rings is 1. The van der Waals surface area contributed by atoms with E-state index in [1.807, 2.05) is 23.7 Å². The number of rotatable bonds is 3. The number of nitrogens with zero attached hydrogens (tertiary/aromatic N) is 1. The van der Waals surface area contributed by atoms with Gasteiger partial charge in [0.15, 0.2) is 0 Å². The van der Waals surface area contributed by atoms with Crippen molar-refractivity contribution in [3.8, 4) is 0 Å². The Bertz CT molecular complexity index is 659. The highest BCUT2D eigenvalue weighted by Crippen LogP contribution is 2.21. The minimum atomic E-state index is -0.0149. The van der Waals surface area contributed by atoms with Crippen molar-refractivity contribution in [2.45, 2.75) is 38.6 Å². The topological polar surface area (TPSA) is 42.0 Å². The van der Waals surface area contributed by atoms with Crippen molar-refractivity contribution in [2.24, 2.45) is 0 Å². The summed E-state index contributed by atoms with van der Waals surface area (Å²) in [7, 11) is 0. The van der Waals surface area contributed by atoms with Crippen LogP contribution in [0.15, 0.2) is 35.4 Å². The van der Waals surface area contributed by atoms with Crippen LogP contribution in [0.1, 0.15) is 43.0 Å². The lowest BCUT2D eigenvalue weighted by Crippen LogP contribution is -2.34. The smallest absolute Gasteiger partial charge is 0.251 e. The molecule has 0 saturated heterocycles. The van der Waals surface area contributed by atoms with Gasteiger partial charge in [-0.25, -0.2) is 4.98 Å². The van der Waals surface area contributed by atoms with Gasteiger partial charge in [0.1, 0.15) is 0 Å². The molecule has 1 aromatic heterocycles. The molecule has 0 spiro atoms. The van der Waals surface area contributed by atoms with Gasteiger partial charge in [-0.2, -0.15) is 0 Å². The van der Waals surface area contributed by atoms with Gasteiger partial charge < -0.3 is 5.32 Å². The van der Waals surface area contributed by atoms with Crippen molar-refractivity contribution in [3.05, 3.63) is 40.9 Å². The Hall–Kier alpha value is -1.68. The maximum atomic E-state index is 12.3. The number of benzene rings is 1. The van der Waals surface area contributed by atoms with Crippen LogP contribution in [-0.4, -0.2) is 16.9 Å². The van der Waals surface area contributed by atoms with Gasteiger partial charge in [-0.3, -0.25) is 4.79 Å². The molecule has 0 radical (unpaired) electrons. The van der Waals surface area contributed by atoms with Crippen LogP contribution < -0.4 is 5.32 Å². The highest BCUT2D eigenvalue weighted by Gasteiger charge is 2.15. The molecule has 1 N–H and O–H groups in total. The van der Waals surface area contributed by atoms with Crippen LogP contribution in [0.25, 0.3) is 10.2 Å². The van der Waals surface area contributed by atoms with Crippen LogP contribution in [0.4, 0.5) is 0 Å². The number of carbonyl (C=O) groups excluding carboxylic acids is 1. The Morgan fingerprint density at radius 2 is 2.30 bits per heavy atom. The van der Waals surface area contributed by atoms with Crippen LogP contribution in [0.3, 0.4) is 0 Å². The van der Waals surface area contributed by atoms with E-state index >= 15 is 0 Å². The second kappa shape index (κ2) is 5.75. The van der Waals surface area contributed by atoms with Gasteiger partial charge in [0.05, 0.1) is 15.7 Å². The van der Waals surface area contributed by atoms with Crippen molar-refractivity contribution in [1.29, 1.82) is 0 Å². The maximum Gasteiger partial charge on any atom is 0.251 e. The number of carbonyl (C=O) groups is 1. The molecule has 0 aliphatic heterocycles. The molecular weight excluding hydrogens is 268 g/mol. The van der Waals surface area contributed by atoms with Crippen molar-refractivity contribution in [1.82, 2.24) is 10.3 Å². The SMILES string of the molecule is C[C@@H](NC(=O)c1ccc2scnc2c1)C1=CCCCC1. The quantitative estimate of drug-likeness (QED) is 0.869. The first-order valence-corrected chi connectivity index (χ1v) is 7.95. The molecule has 104 valence electrons. The van der Waals surface area contributed by atoms with E-state index in [-0.39, 0.29) is 11.9 Å². The number of fused-ring (bicyclic) bond motifs is 1. The largest absolute Gasteiger partial charge is 0.346 e. The summed E-state index contributed by atoms with van der Waals surface area (Å²) < 4.78 is 1.12. The molecule has 1 aromatic carbocycles. The van der Waals surface area contributed by atoms with Gasteiger partial charge in [-0.15, -0.1) is 11.3 Å². The van der Waals surface area contributed by atoms with E-state index in [0.717, 1.165) is 23.1 Å². The molecule has 1 atom stereocenters. The summed E-state index contributed by atoms with van der Waals surface area (Å²) in [6, 6.07) is 5.82. The van der Waals surface area contributed by atoms with E-state index in [9.17, 15) is 4.79 Å². The van der Waals surface area contributed by atoms with E-state index in [0.29, 0.717) is 5.56 Å². The Balaban J connectivity index is 1.73. The van der Waals surface area contributed by atoms with Gasteiger partial charge in [0, 0.05) is 11.6 Å². The molecule has 0 saturated carbocycles. The Labute approximate surface area is 122 Å². The lowest BCUT2D eigenvalue weighted by molar-refractivity contribution is 0.0944. The molecule has 0 unspecified atom stereocenters. The van der Waals surface area contributed by atoms with Crippen LogP contribution >= 0.6 is 11.3 Å². The van der Waals surface area contributed by atoms with E-state index in [2.05, 4.69) is 23.3 Å². The van der Waals surface area contributed by atoms with Gasteiger partial charge in [-0.05, 0) is 50.8 Å². The molecule has 0 bridgehead atoms. The lowest BCUT2D eigenvalue weighted by atomic mass is 9.94. The van der Waals surface area contributed by atoms with Crippen LogP contribution in [0.5, 0.6) is 0 Å². The van der Waals surface area contributed by atoms with E-state index < -0.39 is 0 Å². The zero-order chi connectivity index (χ0) is 13.9. The fraction of sp³-hybridized carbons (Fsp3) is 0.375. The Kier molecular flexibility index (Phi) is 3.83. The van der Waals surface area contributed by atoms with Crippen LogP contribution in [-0.2, 0) is 0 Å². The molecular formula is C16H18N2OS. The molecule has 1 heterocycles. The van der Waals surface area contributed by atoms with E-state index in [4.69, 9.17) is 0 Å². The minimum Gasteiger partial charge on any atom is -0.346 e. The van der Waals surface area contributed by atoms with Crippen LogP contribution in [0.2, 0.25) is 0 Å². The summed E-state index contributed by atoms with van der Waals surface area (Å²) in [5, 5.41) is 3.09. The Morgan fingerprint density at radius 3 is 3.10 bits per heavy atom. The summed E-state index contributed by atoms with van der Waals surface area (Å²) in [5.41, 5.74) is 4.75. The van der Waals surface area contributed by atoms with Gasteiger partial charge in [0.25, 0.3) is 5.91 Å². The second-order valence-corrected chi connectivity index (χ2v) is 6.14.